The molecule has 0 aliphatic rings. The number of furan rings is 1. The first-order valence-electron chi connectivity index (χ1n) is 11.5. The average Bonchev–Trinajstić information content (AvgIpc) is 3.40. The van der Waals surface area contributed by atoms with Crippen LogP contribution in [0, 0.1) is 11.3 Å². The van der Waals surface area contributed by atoms with Crippen LogP contribution in [0.25, 0.3) is 6.08 Å². The van der Waals surface area contributed by atoms with E-state index in [9.17, 15) is 14.9 Å². The van der Waals surface area contributed by atoms with E-state index in [-0.39, 0.29) is 24.5 Å². The summed E-state index contributed by atoms with van der Waals surface area (Å²) >= 11 is 0. The number of amides is 1. The van der Waals surface area contributed by atoms with Gasteiger partial charge in [-0.2, -0.15) is 5.26 Å². The summed E-state index contributed by atoms with van der Waals surface area (Å²) in [6.45, 7) is 6.16. The maximum Gasteiger partial charge on any atom is 0.349 e. The first-order valence-corrected chi connectivity index (χ1v) is 11.5. The van der Waals surface area contributed by atoms with Crippen LogP contribution >= 0.6 is 0 Å². The van der Waals surface area contributed by atoms with Crippen molar-refractivity contribution in [1.29, 1.82) is 5.26 Å². The maximum absolute atomic E-state index is 12.4. The minimum atomic E-state index is -0.593. The van der Waals surface area contributed by atoms with Gasteiger partial charge in [0.1, 0.15) is 23.2 Å². The van der Waals surface area contributed by atoms with Gasteiger partial charge in [0, 0.05) is 0 Å². The van der Waals surface area contributed by atoms with Crippen molar-refractivity contribution >= 4 is 18.0 Å². The molecule has 1 N–H and O–H groups in total. The number of esters is 1. The zero-order valence-electron chi connectivity index (χ0n) is 20.4. The lowest BCUT2D eigenvalue weighted by atomic mass is 10.0. The third-order valence-electron chi connectivity index (χ3n) is 5.05. The van der Waals surface area contributed by atoms with Crippen LogP contribution in [0.4, 0.5) is 0 Å². The summed E-state index contributed by atoms with van der Waals surface area (Å²) in [5, 5.41) is 12.1. The average molecular weight is 489 g/mol. The fraction of sp³-hybridized carbons (Fsp3) is 0.250. The van der Waals surface area contributed by atoms with Gasteiger partial charge in [0.05, 0.1) is 19.4 Å². The zero-order chi connectivity index (χ0) is 25.9. The van der Waals surface area contributed by atoms with E-state index in [0.29, 0.717) is 35.3 Å². The number of carbonyl (C=O) groups excluding carboxylic acids is 2. The molecule has 0 aliphatic heterocycles. The van der Waals surface area contributed by atoms with Crippen molar-refractivity contribution in [3.05, 3.63) is 83.3 Å². The monoisotopic (exact) mass is 488 g/mol. The van der Waals surface area contributed by atoms with Crippen molar-refractivity contribution in [2.75, 3.05) is 13.2 Å². The third-order valence-corrected chi connectivity index (χ3v) is 5.05. The molecule has 8 nitrogen and oxygen atoms in total. The lowest BCUT2D eigenvalue weighted by Gasteiger charge is -2.13. The van der Waals surface area contributed by atoms with Gasteiger partial charge < -0.3 is 23.9 Å². The molecule has 0 saturated carbocycles. The summed E-state index contributed by atoms with van der Waals surface area (Å²) < 4.78 is 21.8. The molecule has 0 atom stereocenters. The number of benzene rings is 2. The molecular weight excluding hydrogens is 460 g/mol. The van der Waals surface area contributed by atoms with E-state index in [4.69, 9.17) is 18.6 Å². The van der Waals surface area contributed by atoms with E-state index in [2.05, 4.69) is 19.2 Å². The third kappa shape index (κ3) is 7.50. The Kier molecular flexibility index (Phi) is 9.29. The molecule has 0 spiro atoms. The summed E-state index contributed by atoms with van der Waals surface area (Å²) in [4.78, 5) is 24.8. The quantitative estimate of drug-likeness (QED) is 0.175. The molecule has 0 unspecified atom stereocenters. The normalized spacial score (nSPS) is 11.0. The fourth-order valence-electron chi connectivity index (χ4n) is 3.22. The molecule has 36 heavy (non-hydrogen) atoms. The number of hydrogen-bond acceptors (Lipinski definition) is 7. The number of rotatable bonds is 11. The Labute approximate surface area is 210 Å². The molecule has 0 saturated heterocycles. The van der Waals surface area contributed by atoms with Gasteiger partial charge in [-0.15, -0.1) is 0 Å². The summed E-state index contributed by atoms with van der Waals surface area (Å²) in [6.07, 6.45) is 2.93. The van der Waals surface area contributed by atoms with Gasteiger partial charge in [-0.3, -0.25) is 4.79 Å². The highest BCUT2D eigenvalue weighted by Gasteiger charge is 2.14. The smallest absolute Gasteiger partial charge is 0.349 e. The first kappa shape index (κ1) is 26.1. The summed E-state index contributed by atoms with van der Waals surface area (Å²) in [7, 11) is 0. The van der Waals surface area contributed by atoms with Gasteiger partial charge in [-0.1, -0.05) is 32.0 Å². The van der Waals surface area contributed by atoms with Gasteiger partial charge in [0.15, 0.2) is 18.1 Å². The van der Waals surface area contributed by atoms with Crippen molar-refractivity contribution in [3.8, 4) is 23.3 Å². The second-order valence-electron chi connectivity index (χ2n) is 8.06. The van der Waals surface area contributed by atoms with Crippen molar-refractivity contribution in [3.63, 3.8) is 0 Å². The van der Waals surface area contributed by atoms with Crippen LogP contribution in [0.1, 0.15) is 43.6 Å². The molecule has 0 fully saturated rings. The highest BCUT2D eigenvalue weighted by atomic mass is 16.6. The van der Waals surface area contributed by atoms with E-state index in [0.717, 1.165) is 5.56 Å². The Morgan fingerprint density at radius 3 is 2.61 bits per heavy atom. The van der Waals surface area contributed by atoms with Gasteiger partial charge in [-0.25, -0.2) is 4.79 Å². The molecule has 3 aromatic rings. The van der Waals surface area contributed by atoms with Crippen LogP contribution in [0.3, 0.4) is 0 Å². The first-order chi connectivity index (χ1) is 17.4. The van der Waals surface area contributed by atoms with Crippen LogP contribution < -0.4 is 19.5 Å². The zero-order valence-corrected chi connectivity index (χ0v) is 20.4. The van der Waals surface area contributed by atoms with E-state index in [1.807, 2.05) is 24.3 Å². The fourth-order valence-corrected chi connectivity index (χ4v) is 3.22. The number of nitrogens with zero attached hydrogens (tertiary/aromatic N) is 1. The molecule has 1 aromatic heterocycles. The van der Waals surface area contributed by atoms with Crippen molar-refractivity contribution in [2.45, 2.75) is 33.2 Å². The summed E-state index contributed by atoms with van der Waals surface area (Å²) in [5.74, 6) is 0.866. The second kappa shape index (κ2) is 12.8. The number of nitrogens with one attached hydrogen (secondary N) is 1. The Bertz CT molecular complexity index is 1260. The van der Waals surface area contributed by atoms with Gasteiger partial charge in [0.25, 0.3) is 5.91 Å². The van der Waals surface area contributed by atoms with Gasteiger partial charge >= 0.3 is 5.97 Å². The molecule has 8 heteroatoms. The predicted molar refractivity (Wildman–Crippen MR) is 133 cm³/mol. The molecule has 0 bridgehead atoms. The molecule has 1 amide bonds. The number of carbonyl (C=O) groups is 2. The lowest BCUT2D eigenvalue weighted by Crippen LogP contribution is -2.23. The van der Waals surface area contributed by atoms with Gasteiger partial charge in [-0.05, 0) is 66.4 Å². The minimum absolute atomic E-state index is 0.0919. The van der Waals surface area contributed by atoms with E-state index >= 15 is 0 Å². The van der Waals surface area contributed by atoms with Crippen molar-refractivity contribution in [2.24, 2.45) is 0 Å². The van der Waals surface area contributed by atoms with Crippen LogP contribution in [0.5, 0.6) is 17.2 Å². The molecule has 0 radical (unpaired) electrons. The molecule has 1 heterocycles. The minimum Gasteiger partial charge on any atom is -0.490 e. The van der Waals surface area contributed by atoms with Gasteiger partial charge in [0.2, 0.25) is 0 Å². The predicted octanol–water partition coefficient (Wildman–Crippen LogP) is 5.01. The molecule has 2 aromatic carbocycles. The van der Waals surface area contributed by atoms with Crippen LogP contribution in [0.2, 0.25) is 0 Å². The van der Waals surface area contributed by atoms with Crippen molar-refractivity contribution in [1.82, 2.24) is 5.32 Å². The summed E-state index contributed by atoms with van der Waals surface area (Å²) in [6, 6.07) is 17.6. The second-order valence-corrected chi connectivity index (χ2v) is 8.06. The molecule has 186 valence electrons. The highest BCUT2D eigenvalue weighted by Crippen LogP contribution is 2.30. The number of nitriles is 1. The molecule has 3 rings (SSSR count). The Morgan fingerprint density at radius 1 is 1.08 bits per heavy atom. The topological polar surface area (TPSA) is 111 Å². The van der Waals surface area contributed by atoms with E-state index in [1.165, 1.54) is 12.3 Å². The number of ether oxygens (including phenoxy) is 3. The Morgan fingerprint density at radius 2 is 1.92 bits per heavy atom. The maximum atomic E-state index is 12.4. The Balaban J connectivity index is 1.66. The lowest BCUT2D eigenvalue weighted by molar-refractivity contribution is -0.136. The van der Waals surface area contributed by atoms with Crippen LogP contribution in [-0.4, -0.2) is 25.1 Å². The van der Waals surface area contributed by atoms with E-state index in [1.54, 1.807) is 43.3 Å². The SMILES string of the molecule is CCOc1cc(/C=C(\C#N)C(=O)NCc2ccco2)ccc1OC(=O)COc1cccc(C(C)C)c1. The van der Waals surface area contributed by atoms with Crippen LogP contribution in [-0.2, 0) is 16.1 Å². The number of hydrogen-bond donors (Lipinski definition) is 1. The molecular formula is C28H28N2O6. The summed E-state index contributed by atoms with van der Waals surface area (Å²) in [5.41, 5.74) is 1.55. The van der Waals surface area contributed by atoms with E-state index < -0.39 is 11.9 Å². The molecule has 0 aliphatic carbocycles. The van der Waals surface area contributed by atoms with Crippen LogP contribution in [0.15, 0.2) is 70.9 Å². The Hall–Kier alpha value is -4.51. The van der Waals surface area contributed by atoms with Crippen molar-refractivity contribution < 1.29 is 28.2 Å². The largest absolute Gasteiger partial charge is 0.490 e. The standard InChI is InChI=1S/C28H28N2O6/c1-4-33-26-14-20(13-22(16-29)28(32)30-17-24-9-6-12-34-24)10-11-25(26)36-27(31)18-35-23-8-5-7-21(15-23)19(2)3/h5-15,19H,4,17-18H2,1-3H3,(H,30,32)/b22-13+. The highest BCUT2D eigenvalue weighted by molar-refractivity contribution is 6.01.